The Kier molecular flexibility index (Phi) is 5.65. The van der Waals surface area contributed by atoms with Crippen LogP contribution in [0.1, 0.15) is 19.3 Å². The lowest BCUT2D eigenvalue weighted by Gasteiger charge is -2.14. The van der Waals surface area contributed by atoms with Gasteiger partial charge in [0.25, 0.3) is 0 Å². The molecule has 0 bridgehead atoms. The van der Waals surface area contributed by atoms with E-state index >= 15 is 0 Å². The highest BCUT2D eigenvalue weighted by molar-refractivity contribution is 5.59. The summed E-state index contributed by atoms with van der Waals surface area (Å²) in [7, 11) is 0. The highest BCUT2D eigenvalue weighted by Gasteiger charge is 2.10. The molecule has 0 aromatic heterocycles. The van der Waals surface area contributed by atoms with Crippen LogP contribution in [0.2, 0.25) is 0 Å². The Morgan fingerprint density at radius 1 is 1.26 bits per heavy atom. The van der Waals surface area contributed by atoms with Crippen LogP contribution in [-0.2, 0) is 0 Å². The van der Waals surface area contributed by atoms with Gasteiger partial charge in [0.2, 0.25) is 0 Å². The van der Waals surface area contributed by atoms with Crippen LogP contribution in [-0.4, -0.2) is 42.7 Å². The Morgan fingerprint density at radius 2 is 2.00 bits per heavy atom. The minimum Gasteiger partial charge on any atom is -0.494 e. The maximum Gasteiger partial charge on any atom is 0.119 e. The van der Waals surface area contributed by atoms with Gasteiger partial charge < -0.3 is 9.64 Å². The lowest BCUT2D eigenvalue weighted by Crippen LogP contribution is -2.21. The van der Waals surface area contributed by atoms with Gasteiger partial charge in [-0.25, -0.2) is 4.99 Å². The fourth-order valence-electron chi connectivity index (χ4n) is 2.22. The van der Waals surface area contributed by atoms with Crippen LogP contribution in [0.15, 0.2) is 29.3 Å². The van der Waals surface area contributed by atoms with Crippen molar-refractivity contribution < 1.29 is 9.94 Å². The molecule has 19 heavy (non-hydrogen) atoms. The number of likely N-dealkylation sites (tertiary alicyclic amines) is 1. The van der Waals surface area contributed by atoms with Crippen molar-refractivity contribution in [1.82, 2.24) is 10.4 Å². The van der Waals surface area contributed by atoms with Gasteiger partial charge in [-0.15, -0.1) is 0 Å². The number of nitrogens with one attached hydrogen (secondary N) is 1. The second kappa shape index (κ2) is 7.76. The topological polar surface area (TPSA) is 57.1 Å². The van der Waals surface area contributed by atoms with Gasteiger partial charge in [-0.05, 0) is 56.6 Å². The molecular formula is C14H21N3O2. The smallest absolute Gasteiger partial charge is 0.119 e. The molecule has 2 N–H and O–H groups in total. The number of hydroxylamine groups is 1. The molecular weight excluding hydrogens is 242 g/mol. The average Bonchev–Trinajstić information content (AvgIpc) is 2.96. The molecule has 0 spiro atoms. The second-order valence-corrected chi connectivity index (χ2v) is 4.63. The van der Waals surface area contributed by atoms with E-state index in [1.165, 1.54) is 32.3 Å². The van der Waals surface area contributed by atoms with Crippen LogP contribution < -0.4 is 10.2 Å². The summed E-state index contributed by atoms with van der Waals surface area (Å²) >= 11 is 0. The average molecular weight is 263 g/mol. The van der Waals surface area contributed by atoms with Gasteiger partial charge in [-0.3, -0.25) is 10.7 Å². The molecule has 1 aromatic rings. The van der Waals surface area contributed by atoms with E-state index in [4.69, 9.17) is 9.94 Å². The Hall–Kier alpha value is -1.59. The van der Waals surface area contributed by atoms with Crippen molar-refractivity contribution in [1.29, 1.82) is 0 Å². The maximum absolute atomic E-state index is 8.39. The van der Waals surface area contributed by atoms with E-state index in [9.17, 15) is 0 Å². The van der Waals surface area contributed by atoms with Gasteiger partial charge in [-0.2, -0.15) is 0 Å². The number of benzene rings is 1. The van der Waals surface area contributed by atoms with Gasteiger partial charge >= 0.3 is 0 Å². The van der Waals surface area contributed by atoms with E-state index in [-0.39, 0.29) is 0 Å². The van der Waals surface area contributed by atoms with Gasteiger partial charge in [-0.1, -0.05) is 0 Å². The minimum absolute atomic E-state index is 0.747. The number of aliphatic imine (C=N–C) groups is 1. The molecule has 0 unspecified atom stereocenters. The lowest BCUT2D eigenvalue weighted by molar-refractivity contribution is 0.240. The summed E-state index contributed by atoms with van der Waals surface area (Å²) in [5, 5.41) is 8.39. The van der Waals surface area contributed by atoms with Crippen LogP contribution in [0.25, 0.3) is 0 Å². The number of hydrogen-bond donors (Lipinski definition) is 2. The molecule has 0 atom stereocenters. The predicted molar refractivity (Wildman–Crippen MR) is 75.3 cm³/mol. The van der Waals surface area contributed by atoms with Crippen molar-refractivity contribution >= 4 is 12.0 Å². The molecule has 2 rings (SSSR count). The minimum atomic E-state index is 0.747. The quantitative estimate of drug-likeness (QED) is 0.343. The molecule has 0 aliphatic carbocycles. The standard InChI is InChI=1S/C14H21N3O2/c18-16-12-15-13-4-6-14(7-5-13)19-11-3-10-17-8-1-2-9-17/h4-7,12,18H,1-3,8-11H2,(H,15,16). The molecule has 0 radical (unpaired) electrons. The molecule has 0 saturated carbocycles. The molecule has 1 aliphatic heterocycles. The molecule has 1 heterocycles. The zero-order valence-corrected chi connectivity index (χ0v) is 11.1. The monoisotopic (exact) mass is 263 g/mol. The molecule has 5 nitrogen and oxygen atoms in total. The van der Waals surface area contributed by atoms with Crippen LogP contribution in [0, 0.1) is 0 Å². The number of ether oxygens (including phenoxy) is 1. The summed E-state index contributed by atoms with van der Waals surface area (Å²) in [5.74, 6) is 0.859. The second-order valence-electron chi connectivity index (χ2n) is 4.63. The largest absolute Gasteiger partial charge is 0.494 e. The maximum atomic E-state index is 8.39. The summed E-state index contributed by atoms with van der Waals surface area (Å²) in [6.45, 7) is 4.36. The molecule has 1 fully saturated rings. The Labute approximate surface area is 113 Å². The zero-order valence-electron chi connectivity index (χ0n) is 11.1. The molecule has 1 aromatic carbocycles. The Balaban J connectivity index is 1.66. The molecule has 1 aliphatic rings. The van der Waals surface area contributed by atoms with Crippen LogP contribution in [0.4, 0.5) is 5.69 Å². The fourth-order valence-corrected chi connectivity index (χ4v) is 2.22. The summed E-state index contributed by atoms with van der Waals surface area (Å²) < 4.78 is 5.68. The first-order valence-electron chi connectivity index (χ1n) is 6.76. The van der Waals surface area contributed by atoms with Crippen LogP contribution in [0.3, 0.4) is 0 Å². The summed E-state index contributed by atoms with van der Waals surface area (Å²) in [4.78, 5) is 6.46. The van der Waals surface area contributed by atoms with Gasteiger partial charge in [0.05, 0.1) is 12.3 Å². The van der Waals surface area contributed by atoms with Crippen LogP contribution >= 0.6 is 0 Å². The fraction of sp³-hybridized carbons (Fsp3) is 0.500. The number of rotatable bonds is 7. The molecule has 1 saturated heterocycles. The summed E-state index contributed by atoms with van der Waals surface area (Å²) in [6.07, 6.45) is 4.97. The van der Waals surface area contributed by atoms with Crippen molar-refractivity contribution in [3.63, 3.8) is 0 Å². The van der Waals surface area contributed by atoms with E-state index in [0.29, 0.717) is 0 Å². The van der Waals surface area contributed by atoms with E-state index in [0.717, 1.165) is 31.0 Å². The predicted octanol–water partition coefficient (Wildman–Crippen LogP) is 2.19. The van der Waals surface area contributed by atoms with Crippen molar-refractivity contribution in [3.8, 4) is 5.75 Å². The Bertz CT molecular complexity index is 386. The first-order chi connectivity index (χ1) is 9.38. The highest BCUT2D eigenvalue weighted by Crippen LogP contribution is 2.17. The highest BCUT2D eigenvalue weighted by atomic mass is 16.5. The first kappa shape index (κ1) is 13.8. The first-order valence-corrected chi connectivity index (χ1v) is 6.76. The molecule has 104 valence electrons. The third-order valence-electron chi connectivity index (χ3n) is 3.19. The van der Waals surface area contributed by atoms with E-state index in [1.807, 2.05) is 29.7 Å². The SMILES string of the molecule is ONC=Nc1ccc(OCCCN2CCCC2)cc1. The summed E-state index contributed by atoms with van der Waals surface area (Å²) in [6, 6.07) is 7.48. The van der Waals surface area contributed by atoms with Crippen molar-refractivity contribution in [3.05, 3.63) is 24.3 Å². The van der Waals surface area contributed by atoms with Crippen molar-refractivity contribution in [2.24, 2.45) is 4.99 Å². The molecule has 5 heteroatoms. The number of hydrogen-bond acceptors (Lipinski definition) is 4. The van der Waals surface area contributed by atoms with E-state index < -0.39 is 0 Å². The van der Waals surface area contributed by atoms with Gasteiger partial charge in [0.15, 0.2) is 0 Å². The van der Waals surface area contributed by atoms with E-state index in [2.05, 4.69) is 9.89 Å². The Morgan fingerprint density at radius 3 is 2.68 bits per heavy atom. The van der Waals surface area contributed by atoms with Crippen LogP contribution in [0.5, 0.6) is 5.75 Å². The van der Waals surface area contributed by atoms with Crippen molar-refractivity contribution in [2.75, 3.05) is 26.2 Å². The third kappa shape index (κ3) is 4.89. The van der Waals surface area contributed by atoms with Gasteiger partial charge in [0.1, 0.15) is 12.1 Å². The number of nitrogens with zero attached hydrogens (tertiary/aromatic N) is 2. The van der Waals surface area contributed by atoms with E-state index in [1.54, 1.807) is 0 Å². The van der Waals surface area contributed by atoms with Crippen molar-refractivity contribution in [2.45, 2.75) is 19.3 Å². The third-order valence-corrected chi connectivity index (χ3v) is 3.19. The molecule has 0 amide bonds. The lowest BCUT2D eigenvalue weighted by atomic mass is 10.3. The van der Waals surface area contributed by atoms with Gasteiger partial charge in [0, 0.05) is 6.54 Å². The summed E-state index contributed by atoms with van der Waals surface area (Å²) in [5.41, 5.74) is 2.64. The normalized spacial score (nSPS) is 16.1. The zero-order chi connectivity index (χ0) is 13.3.